The van der Waals surface area contributed by atoms with Crippen molar-refractivity contribution in [1.29, 1.82) is 0 Å². The molecule has 20 heavy (non-hydrogen) atoms. The Morgan fingerprint density at radius 2 is 2.05 bits per heavy atom. The highest BCUT2D eigenvalue weighted by Gasteiger charge is 2.30. The Balaban J connectivity index is 2.50. The molecule has 0 radical (unpaired) electrons. The minimum Gasteiger partial charge on any atom is -0.465 e. The van der Waals surface area contributed by atoms with Crippen molar-refractivity contribution in [3.05, 3.63) is 36.4 Å². The Hall–Kier alpha value is -2.37. The maximum Gasteiger partial charge on any atom is 0.412 e. The molecule has 0 bridgehead atoms. The Bertz CT molecular complexity index is 614. The van der Waals surface area contributed by atoms with E-state index in [1.165, 1.54) is 4.90 Å². The molecule has 1 amide bonds. The van der Waals surface area contributed by atoms with Gasteiger partial charge in [-0.3, -0.25) is 9.88 Å². The maximum atomic E-state index is 11.5. The van der Waals surface area contributed by atoms with Gasteiger partial charge in [0.25, 0.3) is 0 Å². The molecule has 0 spiro atoms. The molecule has 0 fully saturated rings. The molecule has 0 aliphatic rings. The van der Waals surface area contributed by atoms with Crippen LogP contribution in [-0.2, 0) is 0 Å². The average Bonchev–Trinajstić information content (AvgIpc) is 2.70. The first kappa shape index (κ1) is 14.0. The summed E-state index contributed by atoms with van der Waals surface area (Å²) >= 11 is 0. The van der Waals surface area contributed by atoms with Gasteiger partial charge in [0, 0.05) is 11.7 Å². The normalized spacial score (nSPS) is 11.4. The van der Waals surface area contributed by atoms with Gasteiger partial charge in [-0.25, -0.2) is 9.48 Å². The third-order valence-electron chi connectivity index (χ3n) is 2.98. The molecule has 0 aliphatic carbocycles. The van der Waals surface area contributed by atoms with Gasteiger partial charge < -0.3 is 5.11 Å². The largest absolute Gasteiger partial charge is 0.465 e. The first-order valence-electron chi connectivity index (χ1n) is 6.30. The van der Waals surface area contributed by atoms with E-state index in [0.717, 1.165) is 11.4 Å². The van der Waals surface area contributed by atoms with Crippen molar-refractivity contribution in [3.63, 3.8) is 0 Å². The molecule has 2 rings (SSSR count). The lowest BCUT2D eigenvalue weighted by atomic mass is 10.1. The second-order valence-corrected chi connectivity index (χ2v) is 5.53. The van der Waals surface area contributed by atoms with Crippen molar-refractivity contribution < 1.29 is 9.90 Å². The van der Waals surface area contributed by atoms with Gasteiger partial charge in [0.15, 0.2) is 0 Å². The van der Waals surface area contributed by atoms with E-state index in [2.05, 4.69) is 10.1 Å². The zero-order valence-electron chi connectivity index (χ0n) is 12.0. The fraction of sp³-hybridized carbons (Fsp3) is 0.357. The summed E-state index contributed by atoms with van der Waals surface area (Å²) in [5.74, 6) is 0. The monoisotopic (exact) mass is 274 g/mol. The Morgan fingerprint density at radius 3 is 2.55 bits per heavy atom. The van der Waals surface area contributed by atoms with E-state index in [0.29, 0.717) is 5.69 Å². The van der Waals surface area contributed by atoms with Crippen molar-refractivity contribution in [2.75, 3.05) is 4.90 Å². The number of nitrogens with zero attached hydrogens (tertiary/aromatic N) is 4. The Kier molecular flexibility index (Phi) is 3.48. The van der Waals surface area contributed by atoms with Crippen molar-refractivity contribution >= 4 is 11.8 Å². The van der Waals surface area contributed by atoms with Gasteiger partial charge in [0.05, 0.1) is 29.5 Å². The summed E-state index contributed by atoms with van der Waals surface area (Å²) < 4.78 is 1.68. The van der Waals surface area contributed by atoms with Crippen LogP contribution in [0.3, 0.4) is 0 Å². The van der Waals surface area contributed by atoms with E-state index in [1.54, 1.807) is 23.3 Å². The van der Waals surface area contributed by atoms with E-state index >= 15 is 0 Å². The second-order valence-electron chi connectivity index (χ2n) is 5.53. The van der Waals surface area contributed by atoms with Gasteiger partial charge in [-0.15, -0.1) is 0 Å². The maximum absolute atomic E-state index is 11.5. The van der Waals surface area contributed by atoms with Gasteiger partial charge in [0.2, 0.25) is 0 Å². The quantitative estimate of drug-likeness (QED) is 0.914. The summed E-state index contributed by atoms with van der Waals surface area (Å²) in [6.07, 6.45) is 3.95. The molecule has 6 heteroatoms. The van der Waals surface area contributed by atoms with Gasteiger partial charge in [-0.2, -0.15) is 5.10 Å². The number of rotatable bonds is 2. The Morgan fingerprint density at radius 1 is 1.35 bits per heavy atom. The van der Waals surface area contributed by atoms with E-state index in [1.807, 2.05) is 39.8 Å². The summed E-state index contributed by atoms with van der Waals surface area (Å²) in [5, 5.41) is 13.7. The number of pyridine rings is 1. The smallest absolute Gasteiger partial charge is 0.412 e. The fourth-order valence-electron chi connectivity index (χ4n) is 2.11. The van der Waals surface area contributed by atoms with Gasteiger partial charge in [0.1, 0.15) is 0 Å². The molecule has 0 aliphatic heterocycles. The summed E-state index contributed by atoms with van der Waals surface area (Å²) in [6, 6.07) is 3.69. The molecule has 2 heterocycles. The van der Waals surface area contributed by atoms with Gasteiger partial charge >= 0.3 is 6.09 Å². The summed E-state index contributed by atoms with van der Waals surface area (Å²) in [4.78, 5) is 16.9. The third-order valence-corrected chi connectivity index (χ3v) is 2.98. The minimum absolute atomic E-state index is 0.542. The van der Waals surface area contributed by atoms with Crippen molar-refractivity contribution in [2.24, 2.45) is 0 Å². The fourth-order valence-corrected chi connectivity index (χ4v) is 2.11. The summed E-state index contributed by atoms with van der Waals surface area (Å²) in [5.41, 5.74) is 1.60. The predicted octanol–water partition coefficient (Wildman–Crippen LogP) is 2.86. The zero-order chi connectivity index (χ0) is 14.9. The average molecular weight is 274 g/mol. The van der Waals surface area contributed by atoms with Gasteiger partial charge in [-0.1, -0.05) is 0 Å². The number of aromatic nitrogens is 3. The lowest BCUT2D eigenvalue weighted by molar-refractivity contribution is 0.195. The van der Waals surface area contributed by atoms with Crippen LogP contribution in [0.1, 0.15) is 26.5 Å². The molecule has 6 nitrogen and oxygen atoms in total. The van der Waals surface area contributed by atoms with Crippen molar-refractivity contribution in [3.8, 4) is 5.69 Å². The van der Waals surface area contributed by atoms with Crippen LogP contribution in [0.25, 0.3) is 5.69 Å². The van der Waals surface area contributed by atoms with Crippen LogP contribution in [0.4, 0.5) is 10.5 Å². The van der Waals surface area contributed by atoms with Crippen LogP contribution in [0, 0.1) is 6.92 Å². The Labute approximate surface area is 117 Å². The third kappa shape index (κ3) is 2.49. The molecule has 0 atom stereocenters. The molecule has 0 saturated carbocycles. The summed E-state index contributed by atoms with van der Waals surface area (Å²) in [6.45, 7) is 7.39. The number of carboxylic acid groups (broad SMARTS) is 1. The lowest BCUT2D eigenvalue weighted by Gasteiger charge is -2.32. The van der Waals surface area contributed by atoms with Crippen LogP contribution in [-0.4, -0.2) is 31.5 Å². The highest BCUT2D eigenvalue weighted by Crippen LogP contribution is 2.28. The molecule has 1 N–H and O–H groups in total. The predicted molar refractivity (Wildman–Crippen MR) is 76.4 cm³/mol. The van der Waals surface area contributed by atoms with Crippen LogP contribution in [0.5, 0.6) is 0 Å². The lowest BCUT2D eigenvalue weighted by Crippen LogP contribution is -2.45. The zero-order valence-corrected chi connectivity index (χ0v) is 12.0. The number of anilines is 1. The van der Waals surface area contributed by atoms with Crippen molar-refractivity contribution in [2.45, 2.75) is 33.2 Å². The highest BCUT2D eigenvalue weighted by atomic mass is 16.4. The number of hydrogen-bond acceptors (Lipinski definition) is 3. The highest BCUT2D eigenvalue weighted by molar-refractivity contribution is 5.88. The second kappa shape index (κ2) is 4.96. The summed E-state index contributed by atoms with van der Waals surface area (Å²) in [7, 11) is 0. The number of carbonyl (C=O) groups is 1. The molecule has 2 aromatic heterocycles. The SMILES string of the molecule is Cc1c(N(C(=O)O)C(C)(C)C)cnn1-c1cccnc1. The van der Waals surface area contributed by atoms with Crippen LogP contribution >= 0.6 is 0 Å². The molecule has 0 aromatic carbocycles. The van der Waals surface area contributed by atoms with Crippen LogP contribution in [0.15, 0.2) is 30.7 Å². The topological polar surface area (TPSA) is 71.2 Å². The van der Waals surface area contributed by atoms with E-state index in [4.69, 9.17) is 0 Å². The molecular formula is C14H18N4O2. The number of hydrogen-bond donors (Lipinski definition) is 1. The van der Waals surface area contributed by atoms with Crippen LogP contribution in [0.2, 0.25) is 0 Å². The first-order chi connectivity index (χ1) is 9.32. The molecule has 106 valence electrons. The first-order valence-corrected chi connectivity index (χ1v) is 6.30. The standard InChI is InChI=1S/C14H18N4O2/c1-10-12(17(13(19)20)14(2,3)4)9-16-18(10)11-6-5-7-15-8-11/h5-9H,1-4H3,(H,19,20). The van der Waals surface area contributed by atoms with E-state index in [-0.39, 0.29) is 0 Å². The minimum atomic E-state index is -0.994. The van der Waals surface area contributed by atoms with E-state index in [9.17, 15) is 9.90 Å². The van der Waals surface area contributed by atoms with E-state index < -0.39 is 11.6 Å². The number of amides is 1. The molecule has 0 unspecified atom stereocenters. The molecule has 2 aromatic rings. The van der Waals surface area contributed by atoms with Crippen LogP contribution < -0.4 is 4.90 Å². The van der Waals surface area contributed by atoms with Crippen molar-refractivity contribution in [1.82, 2.24) is 14.8 Å². The van der Waals surface area contributed by atoms with Gasteiger partial charge in [-0.05, 0) is 39.8 Å². The molecule has 0 saturated heterocycles. The molecular weight excluding hydrogens is 256 g/mol.